The summed E-state index contributed by atoms with van der Waals surface area (Å²) in [6.07, 6.45) is 2.36. The summed E-state index contributed by atoms with van der Waals surface area (Å²) in [6.45, 7) is 0. The number of rotatable bonds is 2. The van der Waals surface area contributed by atoms with E-state index in [1.54, 1.807) is 29.8 Å². The Labute approximate surface area is 105 Å². The predicted molar refractivity (Wildman–Crippen MR) is 68.9 cm³/mol. The standard InChI is InChI=1S/C12H13NO4S/c1-13-7-11(18(3,15)16)12(14)9-5-4-8(17-2)6-10(9)13/h4-7H,1-3H3. The Morgan fingerprint density at radius 2 is 1.94 bits per heavy atom. The van der Waals surface area contributed by atoms with Gasteiger partial charge < -0.3 is 9.30 Å². The van der Waals surface area contributed by atoms with Crippen LogP contribution < -0.4 is 10.2 Å². The zero-order valence-corrected chi connectivity index (χ0v) is 11.1. The summed E-state index contributed by atoms with van der Waals surface area (Å²) in [7, 11) is -0.305. The maximum absolute atomic E-state index is 12.1. The van der Waals surface area contributed by atoms with Crippen LogP contribution in [-0.4, -0.2) is 26.4 Å². The van der Waals surface area contributed by atoms with E-state index in [-0.39, 0.29) is 4.90 Å². The SMILES string of the molecule is COc1ccc2c(=O)c(S(C)(=O)=O)cn(C)c2c1. The number of aromatic nitrogens is 1. The van der Waals surface area contributed by atoms with Crippen LogP contribution >= 0.6 is 0 Å². The van der Waals surface area contributed by atoms with Crippen LogP contribution in [0.1, 0.15) is 0 Å². The van der Waals surface area contributed by atoms with E-state index in [2.05, 4.69) is 0 Å². The molecule has 2 aromatic rings. The number of aryl methyl sites for hydroxylation is 1. The first-order valence-electron chi connectivity index (χ1n) is 5.22. The van der Waals surface area contributed by atoms with Crippen LogP contribution in [0, 0.1) is 0 Å². The van der Waals surface area contributed by atoms with Gasteiger partial charge in [-0.25, -0.2) is 8.42 Å². The molecule has 0 amide bonds. The molecule has 0 N–H and O–H groups in total. The van der Waals surface area contributed by atoms with Crippen LogP contribution in [0.4, 0.5) is 0 Å². The average molecular weight is 267 g/mol. The molecule has 2 rings (SSSR count). The van der Waals surface area contributed by atoms with Gasteiger partial charge in [0.1, 0.15) is 10.6 Å². The zero-order valence-electron chi connectivity index (χ0n) is 10.3. The van der Waals surface area contributed by atoms with E-state index in [9.17, 15) is 13.2 Å². The minimum absolute atomic E-state index is 0.192. The summed E-state index contributed by atoms with van der Waals surface area (Å²) in [4.78, 5) is 11.9. The molecule has 96 valence electrons. The topological polar surface area (TPSA) is 65.4 Å². The molecule has 0 aliphatic carbocycles. The van der Waals surface area contributed by atoms with Gasteiger partial charge in [0.05, 0.1) is 12.6 Å². The van der Waals surface area contributed by atoms with Gasteiger partial charge in [-0.1, -0.05) is 0 Å². The van der Waals surface area contributed by atoms with E-state index in [1.165, 1.54) is 13.3 Å². The van der Waals surface area contributed by atoms with Gasteiger partial charge in [0, 0.05) is 31.0 Å². The first kappa shape index (κ1) is 12.6. The molecule has 0 aliphatic rings. The molecule has 0 spiro atoms. The predicted octanol–water partition coefficient (Wildman–Crippen LogP) is 0.951. The van der Waals surface area contributed by atoms with Crippen molar-refractivity contribution < 1.29 is 13.2 Å². The average Bonchev–Trinajstić information content (AvgIpc) is 2.31. The molecule has 0 fully saturated rings. The monoisotopic (exact) mass is 267 g/mol. The van der Waals surface area contributed by atoms with Crippen LogP contribution in [0.25, 0.3) is 10.9 Å². The molecule has 1 aromatic carbocycles. The lowest BCUT2D eigenvalue weighted by atomic mass is 10.2. The molecule has 0 saturated heterocycles. The molecule has 0 radical (unpaired) electrons. The second-order valence-electron chi connectivity index (χ2n) is 4.09. The number of hydrogen-bond acceptors (Lipinski definition) is 4. The number of hydrogen-bond donors (Lipinski definition) is 0. The number of ether oxygens (including phenoxy) is 1. The van der Waals surface area contributed by atoms with E-state index >= 15 is 0 Å². The fourth-order valence-electron chi connectivity index (χ4n) is 1.82. The molecule has 1 heterocycles. The van der Waals surface area contributed by atoms with Crippen molar-refractivity contribution in [3.8, 4) is 5.75 Å². The smallest absolute Gasteiger partial charge is 0.208 e. The normalized spacial score (nSPS) is 11.7. The van der Waals surface area contributed by atoms with Gasteiger partial charge in [-0.05, 0) is 12.1 Å². The molecule has 0 saturated carbocycles. The van der Waals surface area contributed by atoms with Crippen molar-refractivity contribution in [3.05, 3.63) is 34.6 Å². The minimum Gasteiger partial charge on any atom is -0.497 e. The third kappa shape index (κ3) is 1.99. The van der Waals surface area contributed by atoms with Gasteiger partial charge in [0.15, 0.2) is 9.84 Å². The highest BCUT2D eigenvalue weighted by Gasteiger charge is 2.16. The Bertz CT molecular complexity index is 774. The zero-order chi connectivity index (χ0) is 13.5. The Balaban J connectivity index is 2.94. The fraction of sp³-hybridized carbons (Fsp3) is 0.250. The first-order valence-corrected chi connectivity index (χ1v) is 7.11. The van der Waals surface area contributed by atoms with Gasteiger partial charge in [-0.15, -0.1) is 0 Å². The fourth-order valence-corrected chi connectivity index (χ4v) is 2.62. The van der Waals surface area contributed by atoms with Crippen molar-refractivity contribution in [2.45, 2.75) is 4.90 Å². The van der Waals surface area contributed by atoms with Gasteiger partial charge >= 0.3 is 0 Å². The summed E-state index contributed by atoms with van der Waals surface area (Å²) < 4.78 is 29.8. The Morgan fingerprint density at radius 3 is 2.50 bits per heavy atom. The van der Waals surface area contributed by atoms with Crippen LogP contribution in [-0.2, 0) is 16.9 Å². The van der Waals surface area contributed by atoms with Crippen LogP contribution in [0.2, 0.25) is 0 Å². The molecular formula is C12H13NO4S. The van der Waals surface area contributed by atoms with Gasteiger partial charge in [-0.3, -0.25) is 4.79 Å². The molecule has 0 unspecified atom stereocenters. The summed E-state index contributed by atoms with van der Waals surface area (Å²) in [5.74, 6) is 0.615. The van der Waals surface area contributed by atoms with Crippen LogP contribution in [0.5, 0.6) is 5.75 Å². The van der Waals surface area contributed by atoms with Crippen molar-refractivity contribution in [1.29, 1.82) is 0 Å². The quantitative estimate of drug-likeness (QED) is 0.812. The van der Waals surface area contributed by atoms with Crippen LogP contribution in [0.15, 0.2) is 34.1 Å². The van der Waals surface area contributed by atoms with Crippen molar-refractivity contribution in [2.75, 3.05) is 13.4 Å². The highest BCUT2D eigenvalue weighted by molar-refractivity contribution is 7.90. The molecule has 0 atom stereocenters. The number of nitrogens with zero attached hydrogens (tertiary/aromatic N) is 1. The summed E-state index contributed by atoms with van der Waals surface area (Å²) in [5.41, 5.74) is 0.153. The lowest BCUT2D eigenvalue weighted by Gasteiger charge is -2.09. The Kier molecular flexibility index (Phi) is 2.90. The van der Waals surface area contributed by atoms with Crippen LogP contribution in [0.3, 0.4) is 0 Å². The molecule has 1 aromatic heterocycles. The minimum atomic E-state index is -3.53. The summed E-state index contributed by atoms with van der Waals surface area (Å²) in [6, 6.07) is 4.91. The van der Waals surface area contributed by atoms with Gasteiger partial charge in [0.2, 0.25) is 5.43 Å². The van der Waals surface area contributed by atoms with Crippen molar-refractivity contribution in [1.82, 2.24) is 4.57 Å². The maximum Gasteiger partial charge on any atom is 0.208 e. The highest BCUT2D eigenvalue weighted by atomic mass is 32.2. The Morgan fingerprint density at radius 1 is 1.28 bits per heavy atom. The summed E-state index contributed by atoms with van der Waals surface area (Å²) >= 11 is 0. The third-order valence-electron chi connectivity index (χ3n) is 2.76. The molecule has 6 heteroatoms. The van der Waals surface area contributed by atoms with Gasteiger partial charge in [-0.2, -0.15) is 0 Å². The van der Waals surface area contributed by atoms with E-state index in [1.807, 2.05) is 0 Å². The van der Waals surface area contributed by atoms with Crippen molar-refractivity contribution in [2.24, 2.45) is 7.05 Å². The molecule has 5 nitrogen and oxygen atoms in total. The number of benzene rings is 1. The molecule has 0 bridgehead atoms. The molecular weight excluding hydrogens is 254 g/mol. The number of fused-ring (bicyclic) bond motifs is 1. The van der Waals surface area contributed by atoms with E-state index in [0.29, 0.717) is 16.7 Å². The van der Waals surface area contributed by atoms with Gasteiger partial charge in [0.25, 0.3) is 0 Å². The third-order valence-corrected chi connectivity index (χ3v) is 3.85. The number of pyridine rings is 1. The molecule has 18 heavy (non-hydrogen) atoms. The first-order chi connectivity index (χ1) is 8.34. The largest absolute Gasteiger partial charge is 0.497 e. The van der Waals surface area contributed by atoms with E-state index in [0.717, 1.165) is 6.26 Å². The number of methoxy groups -OCH3 is 1. The lowest BCUT2D eigenvalue weighted by molar-refractivity contribution is 0.415. The van der Waals surface area contributed by atoms with E-state index in [4.69, 9.17) is 4.74 Å². The lowest BCUT2D eigenvalue weighted by Crippen LogP contribution is -2.17. The summed E-state index contributed by atoms with van der Waals surface area (Å²) in [5, 5.41) is 0.362. The highest BCUT2D eigenvalue weighted by Crippen LogP contribution is 2.19. The van der Waals surface area contributed by atoms with Crippen molar-refractivity contribution >= 4 is 20.7 Å². The maximum atomic E-state index is 12.1. The van der Waals surface area contributed by atoms with Crippen molar-refractivity contribution in [3.63, 3.8) is 0 Å². The Hall–Kier alpha value is -1.82. The molecule has 0 aliphatic heterocycles. The second kappa shape index (κ2) is 4.13. The van der Waals surface area contributed by atoms with E-state index < -0.39 is 15.3 Å². The second-order valence-corrected chi connectivity index (χ2v) is 6.07. The number of sulfone groups is 1.